The molecule has 0 amide bonds. The number of rotatable bonds is 2. The van der Waals surface area contributed by atoms with Gasteiger partial charge in [-0.2, -0.15) is 0 Å². The number of aryl methyl sites for hydroxylation is 3. The number of nitrogens with zero attached hydrogens (tertiary/aromatic N) is 2. The van der Waals surface area contributed by atoms with E-state index in [9.17, 15) is 5.11 Å². The molecule has 2 heterocycles. The number of phenols is 1. The van der Waals surface area contributed by atoms with Crippen molar-refractivity contribution in [1.29, 1.82) is 0 Å². The first kappa shape index (κ1) is 17.6. The van der Waals surface area contributed by atoms with E-state index in [4.69, 9.17) is 4.42 Å². The number of aromatic hydroxyl groups is 1. The van der Waals surface area contributed by atoms with Crippen LogP contribution in [0.2, 0.25) is 0 Å². The molecule has 0 fully saturated rings. The van der Waals surface area contributed by atoms with E-state index in [2.05, 4.69) is 15.3 Å². The summed E-state index contributed by atoms with van der Waals surface area (Å²) in [5.41, 5.74) is 5.36. The average Bonchev–Trinajstić information content (AvgIpc) is 3.01. The van der Waals surface area contributed by atoms with Crippen LogP contribution in [0.15, 0.2) is 40.8 Å². The van der Waals surface area contributed by atoms with Gasteiger partial charge in [0.25, 0.3) is 0 Å². The number of furan rings is 1. The number of hydrogen-bond acceptors (Lipinski definition) is 5. The zero-order valence-corrected chi connectivity index (χ0v) is 15.8. The van der Waals surface area contributed by atoms with Gasteiger partial charge in [0, 0.05) is 5.39 Å². The lowest BCUT2D eigenvalue weighted by molar-refractivity contribution is 0.475. The van der Waals surface area contributed by atoms with E-state index >= 15 is 0 Å². The third-order valence-corrected chi connectivity index (χ3v) is 5.04. The minimum Gasteiger partial charge on any atom is -0.506 e. The quantitative estimate of drug-likeness (QED) is 0.453. The summed E-state index contributed by atoms with van der Waals surface area (Å²) in [7, 11) is 0. The first-order valence-electron chi connectivity index (χ1n) is 8.97. The lowest BCUT2D eigenvalue weighted by Crippen LogP contribution is -2.04. The number of aromatic nitrogens is 2. The lowest BCUT2D eigenvalue weighted by Gasteiger charge is -2.18. The maximum Gasteiger partial charge on any atom is 0.196 e. The van der Waals surface area contributed by atoms with Crippen LogP contribution in [0.4, 0.5) is 11.5 Å². The van der Waals surface area contributed by atoms with Gasteiger partial charge in [-0.15, -0.1) is 12.4 Å². The summed E-state index contributed by atoms with van der Waals surface area (Å²) in [4.78, 5) is 9.07. The fourth-order valence-electron chi connectivity index (χ4n) is 3.79. The Morgan fingerprint density at radius 2 is 1.78 bits per heavy atom. The van der Waals surface area contributed by atoms with Crippen LogP contribution in [0, 0.1) is 6.92 Å². The predicted molar refractivity (Wildman–Crippen MR) is 109 cm³/mol. The SMILES string of the molecule is Cc1nc(Nc2cc3c(cc2O)CCCC3)c2oc3ccccc3c2n1.Cl. The van der Waals surface area contributed by atoms with Crippen LogP contribution in [-0.4, -0.2) is 15.1 Å². The molecule has 5 nitrogen and oxygen atoms in total. The van der Waals surface area contributed by atoms with E-state index in [1.807, 2.05) is 43.3 Å². The van der Waals surface area contributed by atoms with Gasteiger partial charge in [-0.3, -0.25) is 0 Å². The standard InChI is InChI=1S/C21H19N3O2.ClH/c1-12-22-19-15-8-4-5-9-18(15)26-20(19)21(23-12)24-16-10-13-6-2-3-7-14(13)11-17(16)25;/h4-5,8-11,25H,2-3,6-7H2,1H3,(H,22,23,24);1H. The molecular weight excluding hydrogens is 362 g/mol. The highest BCUT2D eigenvalue weighted by Crippen LogP contribution is 2.36. The molecule has 4 aromatic rings. The van der Waals surface area contributed by atoms with E-state index in [0.717, 1.165) is 29.3 Å². The smallest absolute Gasteiger partial charge is 0.196 e. The van der Waals surface area contributed by atoms with Gasteiger partial charge in [0.2, 0.25) is 0 Å². The van der Waals surface area contributed by atoms with Crippen LogP contribution < -0.4 is 5.32 Å². The van der Waals surface area contributed by atoms with Gasteiger partial charge >= 0.3 is 0 Å². The van der Waals surface area contributed by atoms with Gasteiger partial charge in [0.05, 0.1) is 5.69 Å². The molecule has 0 saturated carbocycles. The summed E-state index contributed by atoms with van der Waals surface area (Å²) >= 11 is 0. The summed E-state index contributed by atoms with van der Waals surface area (Å²) in [5, 5.41) is 14.7. The molecular formula is C21H20ClN3O2. The molecule has 1 aliphatic carbocycles. The summed E-state index contributed by atoms with van der Waals surface area (Å²) in [5.74, 6) is 1.48. The molecule has 1 aliphatic rings. The highest BCUT2D eigenvalue weighted by atomic mass is 35.5. The zero-order valence-electron chi connectivity index (χ0n) is 15.0. The zero-order chi connectivity index (χ0) is 17.7. The summed E-state index contributed by atoms with van der Waals surface area (Å²) in [6.07, 6.45) is 4.46. The molecule has 2 aromatic heterocycles. The molecule has 0 saturated heterocycles. The fourth-order valence-corrected chi connectivity index (χ4v) is 3.79. The van der Waals surface area contributed by atoms with Crippen molar-refractivity contribution in [2.45, 2.75) is 32.6 Å². The molecule has 27 heavy (non-hydrogen) atoms. The van der Waals surface area contributed by atoms with E-state index in [1.165, 1.54) is 24.0 Å². The first-order chi connectivity index (χ1) is 12.7. The van der Waals surface area contributed by atoms with E-state index in [0.29, 0.717) is 22.9 Å². The van der Waals surface area contributed by atoms with Crippen molar-refractivity contribution in [3.8, 4) is 5.75 Å². The van der Waals surface area contributed by atoms with Crippen LogP contribution >= 0.6 is 12.4 Å². The van der Waals surface area contributed by atoms with Gasteiger partial charge in [0.15, 0.2) is 11.4 Å². The Hall–Kier alpha value is -2.79. The number of anilines is 2. The van der Waals surface area contributed by atoms with E-state index < -0.39 is 0 Å². The van der Waals surface area contributed by atoms with Crippen molar-refractivity contribution in [3.63, 3.8) is 0 Å². The lowest BCUT2D eigenvalue weighted by atomic mass is 9.91. The number of benzene rings is 2. The fraction of sp³-hybridized carbons (Fsp3) is 0.238. The Kier molecular flexibility index (Phi) is 4.40. The number of para-hydroxylation sites is 1. The molecule has 0 radical (unpaired) electrons. The van der Waals surface area contributed by atoms with E-state index in [-0.39, 0.29) is 18.2 Å². The Morgan fingerprint density at radius 1 is 1.04 bits per heavy atom. The molecule has 138 valence electrons. The Morgan fingerprint density at radius 3 is 2.59 bits per heavy atom. The third kappa shape index (κ3) is 2.98. The Balaban J connectivity index is 0.00000180. The van der Waals surface area contributed by atoms with Crippen molar-refractivity contribution in [2.24, 2.45) is 0 Å². The van der Waals surface area contributed by atoms with Crippen LogP contribution in [0.25, 0.3) is 22.1 Å². The number of fused-ring (bicyclic) bond motifs is 4. The molecule has 0 atom stereocenters. The van der Waals surface area contributed by atoms with Gasteiger partial charge < -0.3 is 14.8 Å². The predicted octanol–water partition coefficient (Wildman–Crippen LogP) is 5.43. The van der Waals surface area contributed by atoms with Crippen molar-refractivity contribution >= 4 is 46.0 Å². The normalized spacial score (nSPS) is 13.4. The summed E-state index contributed by atoms with van der Waals surface area (Å²) in [6, 6.07) is 11.7. The molecule has 6 heteroatoms. The van der Waals surface area contributed by atoms with Crippen LogP contribution in [0.3, 0.4) is 0 Å². The molecule has 0 bridgehead atoms. The second-order valence-electron chi connectivity index (χ2n) is 6.87. The highest BCUT2D eigenvalue weighted by molar-refractivity contribution is 6.06. The summed E-state index contributed by atoms with van der Waals surface area (Å²) < 4.78 is 5.99. The second-order valence-corrected chi connectivity index (χ2v) is 6.87. The van der Waals surface area contributed by atoms with Crippen LogP contribution in [0.5, 0.6) is 5.75 Å². The van der Waals surface area contributed by atoms with Crippen LogP contribution in [0.1, 0.15) is 29.8 Å². The number of phenolic OH excluding ortho intramolecular Hbond substituents is 1. The van der Waals surface area contributed by atoms with Crippen molar-refractivity contribution in [3.05, 3.63) is 53.3 Å². The monoisotopic (exact) mass is 381 g/mol. The maximum atomic E-state index is 10.5. The molecule has 0 unspecified atom stereocenters. The topological polar surface area (TPSA) is 71.2 Å². The van der Waals surface area contributed by atoms with Crippen molar-refractivity contribution in [2.75, 3.05) is 5.32 Å². The van der Waals surface area contributed by atoms with Crippen LogP contribution in [-0.2, 0) is 12.8 Å². The van der Waals surface area contributed by atoms with Gasteiger partial charge in [0.1, 0.15) is 22.7 Å². The highest BCUT2D eigenvalue weighted by Gasteiger charge is 2.17. The minimum atomic E-state index is 0. The largest absolute Gasteiger partial charge is 0.506 e. The van der Waals surface area contributed by atoms with E-state index in [1.54, 1.807) is 0 Å². The molecule has 5 rings (SSSR count). The third-order valence-electron chi connectivity index (χ3n) is 5.04. The minimum absolute atomic E-state index is 0. The van der Waals surface area contributed by atoms with Gasteiger partial charge in [-0.1, -0.05) is 12.1 Å². The summed E-state index contributed by atoms with van der Waals surface area (Å²) in [6.45, 7) is 1.86. The molecule has 2 N–H and O–H groups in total. The Labute approximate surface area is 162 Å². The average molecular weight is 382 g/mol. The maximum absolute atomic E-state index is 10.5. The number of halogens is 1. The van der Waals surface area contributed by atoms with Gasteiger partial charge in [-0.05, 0) is 68.0 Å². The molecule has 2 aromatic carbocycles. The number of nitrogens with one attached hydrogen (secondary N) is 1. The Bertz CT molecular complexity index is 1150. The molecule has 0 aliphatic heterocycles. The van der Waals surface area contributed by atoms with Gasteiger partial charge in [-0.25, -0.2) is 9.97 Å². The second kappa shape index (κ2) is 6.74. The molecule has 0 spiro atoms. The van der Waals surface area contributed by atoms with Crippen molar-refractivity contribution < 1.29 is 9.52 Å². The first-order valence-corrected chi connectivity index (χ1v) is 8.97. The van der Waals surface area contributed by atoms with Crippen molar-refractivity contribution in [1.82, 2.24) is 9.97 Å². The number of hydrogen-bond donors (Lipinski definition) is 2.